The number of aryl methyl sites for hydroxylation is 1. The van der Waals surface area contributed by atoms with Gasteiger partial charge in [-0.25, -0.2) is 0 Å². The van der Waals surface area contributed by atoms with Gasteiger partial charge in [-0.1, -0.05) is 24.3 Å². The maximum absolute atomic E-state index is 10.7. The number of hydrogen-bond acceptors (Lipinski definition) is 6. The van der Waals surface area contributed by atoms with Crippen LogP contribution in [0.15, 0.2) is 47.6 Å². The third kappa shape index (κ3) is 3.01. The van der Waals surface area contributed by atoms with E-state index in [1.54, 1.807) is 18.3 Å². The molecule has 4 rings (SSSR count). The van der Waals surface area contributed by atoms with Crippen molar-refractivity contribution < 1.29 is 14.3 Å². The van der Waals surface area contributed by atoms with E-state index in [1.807, 2.05) is 37.3 Å². The fourth-order valence-electron chi connectivity index (χ4n) is 2.68. The van der Waals surface area contributed by atoms with E-state index in [-0.39, 0.29) is 6.79 Å². The van der Waals surface area contributed by atoms with Gasteiger partial charge in [-0.15, -0.1) is 0 Å². The Morgan fingerprint density at radius 2 is 1.80 bits per heavy atom. The second kappa shape index (κ2) is 6.24. The molecular weight excluding hydrogens is 318 g/mol. The zero-order valence-electron chi connectivity index (χ0n) is 13.5. The Kier molecular flexibility index (Phi) is 3.78. The molecule has 0 bridgehead atoms. The van der Waals surface area contributed by atoms with Gasteiger partial charge < -0.3 is 9.47 Å². The first kappa shape index (κ1) is 15.1. The molecule has 0 saturated carbocycles. The van der Waals surface area contributed by atoms with E-state index < -0.39 is 0 Å². The number of anilines is 1. The van der Waals surface area contributed by atoms with E-state index in [9.17, 15) is 4.79 Å². The lowest BCUT2D eigenvalue weighted by Gasteiger charge is -2.08. The summed E-state index contributed by atoms with van der Waals surface area (Å²) in [6, 6.07) is 12.9. The summed E-state index contributed by atoms with van der Waals surface area (Å²) in [5, 5.41) is 5.19. The topological polar surface area (TPSA) is 72.8 Å². The summed E-state index contributed by atoms with van der Waals surface area (Å²) < 4.78 is 10.8. The fourth-order valence-corrected chi connectivity index (χ4v) is 2.68. The minimum atomic E-state index is 0.225. The molecular formula is C19H15N3O3. The van der Waals surface area contributed by atoms with Gasteiger partial charge >= 0.3 is 0 Å². The van der Waals surface area contributed by atoms with Crippen molar-refractivity contribution in [1.29, 1.82) is 0 Å². The number of aromatic nitrogens is 1. The van der Waals surface area contributed by atoms with Crippen molar-refractivity contribution in [2.75, 3.05) is 12.2 Å². The fraction of sp³-hybridized carbons (Fsp3) is 0.105. The first-order chi connectivity index (χ1) is 12.2. The number of carbonyl (C=O) groups excluding carboxylic acids is 1. The highest BCUT2D eigenvalue weighted by Gasteiger charge is 2.16. The number of aldehydes is 1. The van der Waals surface area contributed by atoms with E-state index in [2.05, 4.69) is 15.5 Å². The summed E-state index contributed by atoms with van der Waals surface area (Å²) in [4.78, 5) is 15.2. The molecule has 0 radical (unpaired) electrons. The average molecular weight is 333 g/mol. The summed E-state index contributed by atoms with van der Waals surface area (Å²) in [6.45, 7) is 2.15. The highest BCUT2D eigenvalue weighted by Crippen LogP contribution is 2.38. The lowest BCUT2D eigenvalue weighted by molar-refractivity contribution is 0.112. The Balaban J connectivity index is 1.64. The number of pyridine rings is 1. The van der Waals surface area contributed by atoms with Gasteiger partial charge in [0.2, 0.25) is 6.79 Å². The van der Waals surface area contributed by atoms with Gasteiger partial charge in [-0.05, 0) is 24.6 Å². The highest BCUT2D eigenvalue weighted by atomic mass is 16.7. The third-order valence-electron chi connectivity index (χ3n) is 3.90. The van der Waals surface area contributed by atoms with Crippen LogP contribution < -0.4 is 14.9 Å². The minimum Gasteiger partial charge on any atom is -0.454 e. The van der Waals surface area contributed by atoms with E-state index in [4.69, 9.17) is 9.47 Å². The van der Waals surface area contributed by atoms with Gasteiger partial charge in [0.15, 0.2) is 11.5 Å². The van der Waals surface area contributed by atoms with Gasteiger partial charge in [-0.2, -0.15) is 5.10 Å². The quantitative estimate of drug-likeness (QED) is 0.449. The van der Waals surface area contributed by atoms with Crippen LogP contribution in [0.1, 0.15) is 21.6 Å². The van der Waals surface area contributed by atoms with E-state index >= 15 is 0 Å². The smallest absolute Gasteiger partial charge is 0.231 e. The molecule has 124 valence electrons. The molecule has 0 aliphatic carbocycles. The van der Waals surface area contributed by atoms with Crippen molar-refractivity contribution in [2.45, 2.75) is 6.92 Å². The number of carbonyl (C=O) groups is 1. The molecule has 6 nitrogen and oxygen atoms in total. The highest BCUT2D eigenvalue weighted by molar-refractivity contribution is 5.94. The van der Waals surface area contributed by atoms with Crippen LogP contribution in [0.25, 0.3) is 10.9 Å². The lowest BCUT2D eigenvalue weighted by Crippen LogP contribution is -1.95. The number of hydrazone groups is 1. The van der Waals surface area contributed by atoms with Crippen LogP contribution in [-0.4, -0.2) is 24.3 Å². The Bertz CT molecular complexity index is 981. The maximum atomic E-state index is 10.7. The van der Waals surface area contributed by atoms with Crippen LogP contribution in [-0.2, 0) is 0 Å². The molecule has 1 aromatic heterocycles. The van der Waals surface area contributed by atoms with E-state index in [0.717, 1.165) is 34.1 Å². The molecule has 2 aromatic carbocycles. The van der Waals surface area contributed by atoms with Crippen LogP contribution in [0.4, 0.5) is 5.69 Å². The second-order valence-electron chi connectivity index (χ2n) is 5.69. The summed E-state index contributed by atoms with van der Waals surface area (Å²) in [5.41, 5.74) is 7.12. The van der Waals surface area contributed by atoms with E-state index in [0.29, 0.717) is 17.1 Å². The van der Waals surface area contributed by atoms with Gasteiger partial charge in [0, 0.05) is 22.7 Å². The zero-order valence-corrected chi connectivity index (χ0v) is 13.5. The Morgan fingerprint density at radius 3 is 2.56 bits per heavy atom. The average Bonchev–Trinajstić information content (AvgIpc) is 3.08. The summed E-state index contributed by atoms with van der Waals surface area (Å²) >= 11 is 0. The largest absolute Gasteiger partial charge is 0.454 e. The second-order valence-corrected chi connectivity index (χ2v) is 5.69. The van der Waals surface area contributed by atoms with Crippen molar-refractivity contribution in [1.82, 2.24) is 4.98 Å². The molecule has 2 heterocycles. The molecule has 0 amide bonds. The van der Waals surface area contributed by atoms with Crippen LogP contribution in [0.5, 0.6) is 11.5 Å². The molecule has 1 N–H and O–H groups in total. The molecule has 3 aromatic rings. The van der Waals surface area contributed by atoms with E-state index in [1.165, 1.54) is 0 Å². The van der Waals surface area contributed by atoms with Crippen LogP contribution in [0, 0.1) is 6.92 Å². The molecule has 1 aliphatic heterocycles. The first-order valence-electron chi connectivity index (χ1n) is 7.78. The maximum Gasteiger partial charge on any atom is 0.231 e. The van der Waals surface area contributed by atoms with Gasteiger partial charge in [-0.3, -0.25) is 15.2 Å². The molecule has 0 unspecified atom stereocenters. The Labute approximate surface area is 144 Å². The van der Waals surface area contributed by atoms with Crippen molar-refractivity contribution in [3.05, 3.63) is 59.3 Å². The number of nitrogens with one attached hydrogen (secondary N) is 1. The predicted molar refractivity (Wildman–Crippen MR) is 95.6 cm³/mol. The van der Waals surface area contributed by atoms with Crippen LogP contribution >= 0.6 is 0 Å². The van der Waals surface area contributed by atoms with Crippen molar-refractivity contribution >= 4 is 29.1 Å². The molecule has 1 aliphatic rings. The number of fused-ring (bicyclic) bond motifs is 2. The van der Waals surface area contributed by atoms with Gasteiger partial charge in [0.25, 0.3) is 0 Å². The van der Waals surface area contributed by atoms with Gasteiger partial charge in [0.1, 0.15) is 6.29 Å². The monoisotopic (exact) mass is 333 g/mol. The number of rotatable bonds is 4. The number of nitrogens with zero attached hydrogens (tertiary/aromatic N) is 2. The molecule has 0 saturated heterocycles. The molecule has 6 heteroatoms. The summed E-state index contributed by atoms with van der Waals surface area (Å²) in [7, 11) is 0. The van der Waals surface area contributed by atoms with Crippen LogP contribution in [0.2, 0.25) is 0 Å². The Morgan fingerprint density at radius 1 is 1.08 bits per heavy atom. The summed E-state index contributed by atoms with van der Waals surface area (Å²) in [6.07, 6.45) is 2.51. The zero-order chi connectivity index (χ0) is 17.2. The SMILES string of the molecule is Cc1cc(N/N=C/c2ccc(C=O)cc2)c2cc3c(cc2n1)OCO3. The molecule has 0 atom stereocenters. The van der Waals surface area contributed by atoms with Crippen molar-refractivity contribution in [2.24, 2.45) is 5.10 Å². The first-order valence-corrected chi connectivity index (χ1v) is 7.78. The minimum absolute atomic E-state index is 0.225. The molecule has 0 fully saturated rings. The predicted octanol–water partition coefficient (Wildman–Crippen LogP) is 3.53. The normalized spacial score (nSPS) is 12.7. The number of benzene rings is 2. The lowest BCUT2D eigenvalue weighted by atomic mass is 10.1. The van der Waals surface area contributed by atoms with Crippen molar-refractivity contribution in [3.8, 4) is 11.5 Å². The third-order valence-corrected chi connectivity index (χ3v) is 3.90. The molecule has 0 spiro atoms. The summed E-state index contributed by atoms with van der Waals surface area (Å²) in [5.74, 6) is 1.41. The Hall–Kier alpha value is -3.41. The van der Waals surface area contributed by atoms with Crippen LogP contribution in [0.3, 0.4) is 0 Å². The standard InChI is InChI=1S/C19H15N3O3/c1-12-6-17(22-20-9-13-2-4-14(10-23)5-3-13)15-7-18-19(25-11-24-18)8-16(15)21-12/h2-10H,11H2,1H3,(H,21,22)/b20-9+. The number of ether oxygens (including phenoxy) is 2. The van der Waals surface area contributed by atoms with Gasteiger partial charge in [0.05, 0.1) is 17.4 Å². The van der Waals surface area contributed by atoms with Crippen molar-refractivity contribution in [3.63, 3.8) is 0 Å². The molecule has 25 heavy (non-hydrogen) atoms. The number of hydrogen-bond donors (Lipinski definition) is 1.